The zero-order valence-electron chi connectivity index (χ0n) is 13.6. The fourth-order valence-corrected chi connectivity index (χ4v) is 4.20. The van der Waals surface area contributed by atoms with Crippen molar-refractivity contribution in [1.82, 2.24) is 14.3 Å². The lowest BCUT2D eigenvalue weighted by molar-refractivity contribution is -0.132. The highest BCUT2D eigenvalue weighted by Gasteiger charge is 2.17. The number of piperidine rings is 1. The van der Waals surface area contributed by atoms with Gasteiger partial charge in [-0.3, -0.25) is 9.20 Å². The van der Waals surface area contributed by atoms with Crippen molar-refractivity contribution in [2.45, 2.75) is 32.1 Å². The lowest BCUT2D eigenvalue weighted by Crippen LogP contribution is -2.35. The molecule has 1 amide bonds. The van der Waals surface area contributed by atoms with Crippen molar-refractivity contribution in [2.24, 2.45) is 0 Å². The summed E-state index contributed by atoms with van der Waals surface area (Å²) in [6.45, 7) is 1.86. The van der Waals surface area contributed by atoms with Crippen LogP contribution in [-0.4, -0.2) is 33.3 Å². The molecule has 24 heavy (non-hydrogen) atoms. The minimum absolute atomic E-state index is 0.289. The van der Waals surface area contributed by atoms with Gasteiger partial charge in [0.25, 0.3) is 0 Å². The first-order valence-electron chi connectivity index (χ1n) is 8.60. The third-order valence-corrected chi connectivity index (χ3v) is 5.55. The monoisotopic (exact) mass is 339 g/mol. The van der Waals surface area contributed by atoms with Crippen LogP contribution in [0.5, 0.6) is 0 Å². The van der Waals surface area contributed by atoms with Crippen LogP contribution >= 0.6 is 11.3 Å². The number of carbonyl (C=O) groups is 1. The number of hydrogen-bond donors (Lipinski definition) is 0. The number of carbonyl (C=O) groups excluding carboxylic acids is 1. The van der Waals surface area contributed by atoms with E-state index in [9.17, 15) is 4.79 Å². The van der Waals surface area contributed by atoms with Gasteiger partial charge in [-0.15, -0.1) is 11.3 Å². The summed E-state index contributed by atoms with van der Waals surface area (Å²) in [6, 6.07) is 10.2. The second-order valence-electron chi connectivity index (χ2n) is 6.31. The molecule has 0 N–H and O–H groups in total. The largest absolute Gasteiger partial charge is 0.343 e. The Labute approximate surface area is 145 Å². The van der Waals surface area contributed by atoms with Crippen LogP contribution in [-0.2, 0) is 11.2 Å². The van der Waals surface area contributed by atoms with Gasteiger partial charge < -0.3 is 4.90 Å². The molecule has 4 nitrogen and oxygen atoms in total. The standard InChI is InChI=1S/C19H21N3OS/c23-18(21-11-5-2-6-12-21)10-9-16-14-24-19-20-17(13-22(16)19)15-7-3-1-4-8-15/h1,3-4,7-8,13-14H,2,5-6,9-12H2. The molecule has 0 aliphatic carbocycles. The Morgan fingerprint density at radius 2 is 1.92 bits per heavy atom. The Kier molecular flexibility index (Phi) is 4.34. The van der Waals surface area contributed by atoms with E-state index in [4.69, 9.17) is 4.98 Å². The molecule has 2 aromatic heterocycles. The minimum atomic E-state index is 0.289. The van der Waals surface area contributed by atoms with Gasteiger partial charge in [0.05, 0.1) is 5.69 Å². The first kappa shape index (κ1) is 15.4. The van der Waals surface area contributed by atoms with E-state index in [1.165, 1.54) is 12.1 Å². The Hall–Kier alpha value is -2.14. The van der Waals surface area contributed by atoms with E-state index < -0.39 is 0 Å². The molecule has 3 heterocycles. The minimum Gasteiger partial charge on any atom is -0.343 e. The molecule has 0 radical (unpaired) electrons. The molecule has 4 rings (SSSR count). The maximum absolute atomic E-state index is 12.4. The number of benzene rings is 1. The highest BCUT2D eigenvalue weighted by atomic mass is 32.1. The van der Waals surface area contributed by atoms with Gasteiger partial charge in [0.15, 0.2) is 4.96 Å². The van der Waals surface area contributed by atoms with Crippen molar-refractivity contribution in [3.8, 4) is 11.3 Å². The van der Waals surface area contributed by atoms with E-state index in [2.05, 4.69) is 28.1 Å². The zero-order chi connectivity index (χ0) is 16.4. The van der Waals surface area contributed by atoms with Crippen LogP contribution in [0.2, 0.25) is 0 Å². The topological polar surface area (TPSA) is 37.6 Å². The van der Waals surface area contributed by atoms with Gasteiger partial charge in [0.1, 0.15) is 0 Å². The number of thiazole rings is 1. The molecule has 3 aromatic rings. The second-order valence-corrected chi connectivity index (χ2v) is 7.15. The number of nitrogens with zero attached hydrogens (tertiary/aromatic N) is 3. The molecule has 0 saturated carbocycles. The van der Waals surface area contributed by atoms with Crippen molar-refractivity contribution in [1.29, 1.82) is 0 Å². The van der Waals surface area contributed by atoms with Crippen LogP contribution in [0.4, 0.5) is 0 Å². The number of imidazole rings is 1. The molecular weight excluding hydrogens is 318 g/mol. The molecule has 0 unspecified atom stereocenters. The molecule has 1 aromatic carbocycles. The normalized spacial score (nSPS) is 15.1. The second kappa shape index (κ2) is 6.77. The quantitative estimate of drug-likeness (QED) is 0.720. The molecule has 1 aliphatic heterocycles. The number of aryl methyl sites for hydroxylation is 1. The van der Waals surface area contributed by atoms with Crippen molar-refractivity contribution in [2.75, 3.05) is 13.1 Å². The van der Waals surface area contributed by atoms with Gasteiger partial charge in [-0.25, -0.2) is 4.98 Å². The summed E-state index contributed by atoms with van der Waals surface area (Å²) >= 11 is 1.64. The van der Waals surface area contributed by atoms with Crippen molar-refractivity contribution >= 4 is 22.2 Å². The van der Waals surface area contributed by atoms with Crippen molar-refractivity contribution in [3.63, 3.8) is 0 Å². The predicted molar refractivity (Wildman–Crippen MR) is 97.3 cm³/mol. The number of likely N-dealkylation sites (tertiary alicyclic amines) is 1. The highest BCUT2D eigenvalue weighted by molar-refractivity contribution is 7.15. The third-order valence-electron chi connectivity index (χ3n) is 4.66. The van der Waals surface area contributed by atoms with Crippen LogP contribution in [0.1, 0.15) is 31.4 Å². The predicted octanol–water partition coefficient (Wildman–Crippen LogP) is 4.01. The molecule has 1 fully saturated rings. The van der Waals surface area contributed by atoms with Gasteiger partial charge in [-0.05, 0) is 25.7 Å². The number of fused-ring (bicyclic) bond motifs is 1. The van der Waals surface area contributed by atoms with Gasteiger partial charge in [-0.2, -0.15) is 0 Å². The first-order valence-corrected chi connectivity index (χ1v) is 9.48. The Morgan fingerprint density at radius 1 is 1.12 bits per heavy atom. The van der Waals surface area contributed by atoms with E-state index in [1.807, 2.05) is 23.1 Å². The number of rotatable bonds is 4. The molecule has 1 aliphatic rings. The number of amides is 1. The van der Waals surface area contributed by atoms with Crippen molar-refractivity contribution < 1.29 is 4.79 Å². The molecule has 0 atom stereocenters. The van der Waals surface area contributed by atoms with E-state index in [1.54, 1.807) is 11.3 Å². The van der Waals surface area contributed by atoms with E-state index in [-0.39, 0.29) is 5.91 Å². The summed E-state index contributed by atoms with van der Waals surface area (Å²) < 4.78 is 2.14. The zero-order valence-corrected chi connectivity index (χ0v) is 14.5. The smallest absolute Gasteiger partial charge is 0.222 e. The average Bonchev–Trinajstić information content (AvgIpc) is 3.22. The molecule has 0 spiro atoms. The summed E-state index contributed by atoms with van der Waals surface area (Å²) in [6.07, 6.45) is 7.01. The average molecular weight is 339 g/mol. The maximum Gasteiger partial charge on any atom is 0.222 e. The third kappa shape index (κ3) is 3.08. The fourth-order valence-electron chi connectivity index (χ4n) is 3.29. The summed E-state index contributed by atoms with van der Waals surface area (Å²) in [4.78, 5) is 20.1. The molecule has 0 bridgehead atoms. The van der Waals surface area contributed by atoms with E-state index in [0.29, 0.717) is 6.42 Å². The van der Waals surface area contributed by atoms with Gasteiger partial charge >= 0.3 is 0 Å². The molecule has 5 heteroatoms. The van der Waals surface area contributed by atoms with Crippen LogP contribution in [0, 0.1) is 0 Å². The Balaban J connectivity index is 1.48. The highest BCUT2D eigenvalue weighted by Crippen LogP contribution is 2.24. The molecule has 1 saturated heterocycles. The van der Waals surface area contributed by atoms with Crippen molar-refractivity contribution in [3.05, 3.63) is 47.6 Å². The Bertz CT molecular complexity index is 831. The summed E-state index contributed by atoms with van der Waals surface area (Å²) in [5.41, 5.74) is 3.30. The lowest BCUT2D eigenvalue weighted by atomic mass is 10.1. The van der Waals surface area contributed by atoms with E-state index in [0.717, 1.165) is 48.6 Å². The van der Waals surface area contributed by atoms with E-state index >= 15 is 0 Å². The maximum atomic E-state index is 12.4. The fraction of sp³-hybridized carbons (Fsp3) is 0.368. The van der Waals surface area contributed by atoms with Crippen LogP contribution < -0.4 is 0 Å². The lowest BCUT2D eigenvalue weighted by Gasteiger charge is -2.26. The van der Waals surface area contributed by atoms with Crippen LogP contribution in [0.25, 0.3) is 16.2 Å². The summed E-state index contributed by atoms with van der Waals surface area (Å²) in [7, 11) is 0. The van der Waals surface area contributed by atoms with Crippen LogP contribution in [0.3, 0.4) is 0 Å². The van der Waals surface area contributed by atoms with Crippen LogP contribution in [0.15, 0.2) is 41.9 Å². The molecule has 124 valence electrons. The number of aromatic nitrogens is 2. The molecular formula is C19H21N3OS. The summed E-state index contributed by atoms with van der Waals surface area (Å²) in [5, 5.41) is 2.13. The first-order chi connectivity index (χ1) is 11.8. The van der Waals surface area contributed by atoms with Gasteiger partial charge in [-0.1, -0.05) is 30.3 Å². The van der Waals surface area contributed by atoms with Gasteiger partial charge in [0, 0.05) is 42.3 Å². The Morgan fingerprint density at radius 3 is 2.71 bits per heavy atom. The number of hydrogen-bond acceptors (Lipinski definition) is 3. The summed E-state index contributed by atoms with van der Waals surface area (Å²) in [5.74, 6) is 0.289. The van der Waals surface area contributed by atoms with Gasteiger partial charge in [0.2, 0.25) is 5.91 Å². The SMILES string of the molecule is O=C(CCc1csc2nc(-c3ccccc3)cn12)N1CCCCC1.